The summed E-state index contributed by atoms with van der Waals surface area (Å²) in [7, 11) is -2.17. The molecule has 3 nitrogen and oxygen atoms in total. The van der Waals surface area contributed by atoms with Crippen LogP contribution in [0.25, 0.3) is 6.08 Å². The molecule has 0 saturated heterocycles. The van der Waals surface area contributed by atoms with Crippen LogP contribution in [0.2, 0.25) is 0 Å². The summed E-state index contributed by atoms with van der Waals surface area (Å²) in [5.41, 5.74) is 1.31. The van der Waals surface area contributed by atoms with Gasteiger partial charge in [-0.3, -0.25) is 0 Å². The summed E-state index contributed by atoms with van der Waals surface area (Å²) >= 11 is 0.727. The van der Waals surface area contributed by atoms with Crippen molar-refractivity contribution in [2.24, 2.45) is 0 Å². The van der Waals surface area contributed by atoms with E-state index in [2.05, 4.69) is 24.8 Å². The van der Waals surface area contributed by atoms with E-state index < -0.39 is 7.32 Å². The smallest absolute Gasteiger partial charge is 0.402 e. The van der Waals surface area contributed by atoms with Crippen LogP contribution in [0.5, 0.6) is 0 Å². The summed E-state index contributed by atoms with van der Waals surface area (Å²) in [5.74, 6) is 0. The maximum absolute atomic E-state index is 7.17. The number of hydrogen-bond acceptors (Lipinski definition) is 3. The fourth-order valence-corrected chi connectivity index (χ4v) is 2.28. The molecular formula is C8H10BHgO3. The summed E-state index contributed by atoms with van der Waals surface area (Å²) < 4.78 is 1.48. The fourth-order valence-electron chi connectivity index (χ4n) is 0.733. The molecule has 0 spiro atoms. The van der Waals surface area contributed by atoms with E-state index >= 15 is 0 Å². The first-order valence-electron chi connectivity index (χ1n) is 3.65. The molecule has 0 aliphatic heterocycles. The molecule has 65 valence electrons. The maximum atomic E-state index is 7.17. The van der Waals surface area contributed by atoms with E-state index in [0.717, 1.165) is 26.1 Å². The molecular weight excluding hydrogens is 355 g/mol. The molecule has 1 rings (SSSR count). The molecule has 0 aromatic heterocycles. The first-order chi connectivity index (χ1) is 6.07. The Morgan fingerprint density at radius 2 is 1.69 bits per heavy atom. The van der Waals surface area contributed by atoms with Crippen LogP contribution in [0.15, 0.2) is 30.8 Å². The second-order valence-corrected chi connectivity index (χ2v) is 5.21. The quantitative estimate of drug-likeness (QED) is 0.586. The minimum absolute atomic E-state index is 0.727. The second kappa shape index (κ2) is 7.26. The van der Waals surface area contributed by atoms with E-state index in [1.807, 2.05) is 12.1 Å². The monoisotopic (exact) mass is 367 g/mol. The van der Waals surface area contributed by atoms with E-state index in [1.165, 1.54) is 8.64 Å². The molecule has 5 heteroatoms. The fraction of sp³-hybridized carbons (Fsp3) is 0. The Bertz CT molecular complexity index is 263. The average molecular weight is 366 g/mol. The Balaban J connectivity index is 0.000000310. The molecule has 0 aliphatic rings. The summed E-state index contributed by atoms with van der Waals surface area (Å²) in [5, 5.41) is 21.5. The number of benzene rings is 1. The van der Waals surface area contributed by atoms with Gasteiger partial charge in [0.2, 0.25) is 0 Å². The van der Waals surface area contributed by atoms with Gasteiger partial charge in [0, 0.05) is 0 Å². The van der Waals surface area contributed by atoms with Gasteiger partial charge in [0.05, 0.1) is 0 Å². The molecule has 0 saturated carbocycles. The van der Waals surface area contributed by atoms with E-state index in [-0.39, 0.29) is 0 Å². The Morgan fingerprint density at radius 3 is 2.00 bits per heavy atom. The molecule has 0 heterocycles. The SMILES string of the molecule is C=Cc1cccc[c]1[Hg].OB(O)O. The Morgan fingerprint density at radius 1 is 1.23 bits per heavy atom. The Kier molecular flexibility index (Phi) is 7.17. The van der Waals surface area contributed by atoms with Gasteiger partial charge in [0.1, 0.15) is 0 Å². The molecule has 13 heavy (non-hydrogen) atoms. The largest absolute Gasteiger partial charge is 0.631 e. The van der Waals surface area contributed by atoms with E-state index in [1.54, 1.807) is 0 Å². The van der Waals surface area contributed by atoms with Crippen molar-refractivity contribution < 1.29 is 41.2 Å². The van der Waals surface area contributed by atoms with Gasteiger partial charge < -0.3 is 15.1 Å². The number of hydrogen-bond donors (Lipinski definition) is 3. The van der Waals surface area contributed by atoms with Crippen LogP contribution in [-0.4, -0.2) is 22.4 Å². The predicted octanol–water partition coefficient (Wildman–Crippen LogP) is -0.550. The van der Waals surface area contributed by atoms with Crippen molar-refractivity contribution in [1.29, 1.82) is 0 Å². The van der Waals surface area contributed by atoms with Crippen LogP contribution in [-0.2, 0) is 26.1 Å². The summed E-state index contributed by atoms with van der Waals surface area (Å²) in [6, 6.07) is 8.40. The van der Waals surface area contributed by atoms with Gasteiger partial charge in [-0.1, -0.05) is 0 Å². The predicted molar refractivity (Wildman–Crippen MR) is 48.6 cm³/mol. The van der Waals surface area contributed by atoms with Gasteiger partial charge >= 0.3 is 79.0 Å². The second-order valence-electron chi connectivity index (χ2n) is 2.25. The van der Waals surface area contributed by atoms with E-state index in [0.29, 0.717) is 0 Å². The topological polar surface area (TPSA) is 60.7 Å². The van der Waals surface area contributed by atoms with Crippen LogP contribution in [0.3, 0.4) is 0 Å². The van der Waals surface area contributed by atoms with Gasteiger partial charge in [-0.25, -0.2) is 0 Å². The molecule has 0 bridgehead atoms. The summed E-state index contributed by atoms with van der Waals surface area (Å²) in [4.78, 5) is 0. The van der Waals surface area contributed by atoms with Gasteiger partial charge in [-0.05, 0) is 0 Å². The van der Waals surface area contributed by atoms with Crippen LogP contribution in [0.1, 0.15) is 5.56 Å². The Labute approximate surface area is 93.9 Å². The average Bonchev–Trinajstić information content (AvgIpc) is 2.04. The van der Waals surface area contributed by atoms with Crippen LogP contribution >= 0.6 is 0 Å². The molecule has 0 atom stereocenters. The standard InChI is InChI=1S/C8H7.BH3O3.Hg/c1-2-8-6-4-3-5-7-8;2-1(3)4;/h2-6H,1H2;2-4H;. The minimum atomic E-state index is -2.17. The third kappa shape index (κ3) is 6.95. The third-order valence-electron chi connectivity index (χ3n) is 1.28. The van der Waals surface area contributed by atoms with Crippen LogP contribution in [0, 0.1) is 0 Å². The van der Waals surface area contributed by atoms with Crippen molar-refractivity contribution in [2.45, 2.75) is 0 Å². The number of rotatable bonds is 1. The molecule has 0 aliphatic carbocycles. The molecule has 1 aromatic carbocycles. The molecule has 1 aromatic rings. The normalized spacial score (nSPS) is 8.38. The first kappa shape index (κ1) is 12.8. The van der Waals surface area contributed by atoms with Gasteiger partial charge in [0.25, 0.3) is 0 Å². The minimum Gasteiger partial charge on any atom is -0.402 e. The van der Waals surface area contributed by atoms with Crippen LogP contribution in [0.4, 0.5) is 0 Å². The zero-order chi connectivity index (χ0) is 10.3. The summed E-state index contributed by atoms with van der Waals surface area (Å²) in [6.07, 6.45) is 1.92. The van der Waals surface area contributed by atoms with Crippen molar-refractivity contribution >= 4 is 16.5 Å². The van der Waals surface area contributed by atoms with E-state index in [9.17, 15) is 0 Å². The van der Waals surface area contributed by atoms with Crippen molar-refractivity contribution in [3.8, 4) is 0 Å². The molecule has 0 amide bonds. The third-order valence-corrected chi connectivity index (χ3v) is 3.78. The first-order valence-corrected chi connectivity index (χ1v) is 6.40. The van der Waals surface area contributed by atoms with Gasteiger partial charge in [-0.15, -0.1) is 0 Å². The van der Waals surface area contributed by atoms with Crippen molar-refractivity contribution in [1.82, 2.24) is 0 Å². The van der Waals surface area contributed by atoms with Gasteiger partial charge in [-0.2, -0.15) is 0 Å². The van der Waals surface area contributed by atoms with Crippen molar-refractivity contribution in [3.63, 3.8) is 0 Å². The maximum Gasteiger partial charge on any atom is 0.631 e. The van der Waals surface area contributed by atoms with Gasteiger partial charge in [0.15, 0.2) is 0 Å². The van der Waals surface area contributed by atoms with Crippen molar-refractivity contribution in [2.75, 3.05) is 0 Å². The molecule has 3 N–H and O–H groups in total. The Hall–Kier alpha value is -0.160. The van der Waals surface area contributed by atoms with Crippen molar-refractivity contribution in [3.05, 3.63) is 36.4 Å². The summed E-state index contributed by atoms with van der Waals surface area (Å²) in [6.45, 7) is 3.72. The molecule has 0 radical (unpaired) electrons. The zero-order valence-corrected chi connectivity index (χ0v) is 12.7. The van der Waals surface area contributed by atoms with E-state index in [4.69, 9.17) is 15.1 Å². The zero-order valence-electron chi connectivity index (χ0n) is 7.22. The van der Waals surface area contributed by atoms with Crippen LogP contribution < -0.4 is 3.07 Å². The molecule has 0 fully saturated rings. The molecule has 0 unspecified atom stereocenters.